The summed E-state index contributed by atoms with van der Waals surface area (Å²) in [6, 6.07) is 9.68. The average molecular weight is 368 g/mol. The second kappa shape index (κ2) is 7.86. The minimum absolute atomic E-state index is 0.00764. The Bertz CT molecular complexity index is 876. The van der Waals surface area contributed by atoms with Crippen LogP contribution in [0.4, 0.5) is 5.69 Å². The molecule has 0 radical (unpaired) electrons. The fourth-order valence-corrected chi connectivity index (χ4v) is 3.64. The zero-order valence-electron chi connectivity index (χ0n) is 14.3. The maximum absolute atomic E-state index is 12.3. The second-order valence-corrected chi connectivity index (χ2v) is 6.96. The Morgan fingerprint density at radius 3 is 2.69 bits per heavy atom. The number of hydrogen-bond donors (Lipinski definition) is 1. The summed E-state index contributed by atoms with van der Waals surface area (Å²) in [6.45, 7) is 5.02. The lowest BCUT2D eigenvalue weighted by Gasteiger charge is -2.34. The molecule has 2 aromatic heterocycles. The summed E-state index contributed by atoms with van der Waals surface area (Å²) in [5.74, 6) is 0.00764. The summed E-state index contributed by atoms with van der Waals surface area (Å²) in [4.78, 5) is 21.1. The zero-order chi connectivity index (χ0) is 17.8. The highest BCUT2D eigenvalue weighted by Crippen LogP contribution is 2.17. The number of nitrogens with zero attached hydrogens (tertiary/aromatic N) is 5. The topological polar surface area (TPSA) is 74.2 Å². The molecule has 0 atom stereocenters. The van der Waals surface area contributed by atoms with Gasteiger partial charge >= 0.3 is 0 Å². The Hall–Kier alpha value is -2.42. The van der Waals surface area contributed by atoms with Crippen LogP contribution in [0.2, 0.25) is 0 Å². The van der Waals surface area contributed by atoms with Crippen molar-refractivity contribution in [3.8, 4) is 0 Å². The molecule has 0 aliphatic carbocycles. The molecular formula is C18H20N6OS. The van der Waals surface area contributed by atoms with Crippen molar-refractivity contribution in [2.45, 2.75) is 6.54 Å². The van der Waals surface area contributed by atoms with E-state index in [4.69, 9.17) is 0 Å². The van der Waals surface area contributed by atoms with Gasteiger partial charge in [-0.15, -0.1) is 0 Å². The second-order valence-electron chi connectivity index (χ2n) is 6.43. The maximum Gasteiger partial charge on any atom is 0.238 e. The third kappa shape index (κ3) is 4.21. The number of nitrogens with one attached hydrogen (secondary N) is 1. The van der Waals surface area contributed by atoms with E-state index in [-0.39, 0.29) is 5.91 Å². The minimum atomic E-state index is 0.00764. The highest BCUT2D eigenvalue weighted by atomic mass is 32.1. The zero-order valence-corrected chi connectivity index (χ0v) is 15.2. The quantitative estimate of drug-likeness (QED) is 0.741. The monoisotopic (exact) mass is 368 g/mol. The van der Waals surface area contributed by atoms with Gasteiger partial charge in [0.15, 0.2) is 0 Å². The number of carbonyl (C=O) groups excluding carboxylic acids is 1. The largest absolute Gasteiger partial charge is 0.325 e. The van der Waals surface area contributed by atoms with E-state index in [0.717, 1.165) is 49.4 Å². The third-order valence-electron chi connectivity index (χ3n) is 4.50. The smallest absolute Gasteiger partial charge is 0.238 e. The molecule has 1 aromatic carbocycles. The Morgan fingerprint density at radius 2 is 1.88 bits per heavy atom. The summed E-state index contributed by atoms with van der Waals surface area (Å²) in [5.41, 5.74) is 3.67. The summed E-state index contributed by atoms with van der Waals surface area (Å²) >= 11 is 1.18. The molecule has 1 aliphatic heterocycles. The van der Waals surface area contributed by atoms with Crippen molar-refractivity contribution in [2.75, 3.05) is 38.0 Å². The van der Waals surface area contributed by atoms with Crippen LogP contribution in [0.1, 0.15) is 5.56 Å². The first kappa shape index (κ1) is 17.0. The number of hydrogen-bond acceptors (Lipinski definition) is 7. The van der Waals surface area contributed by atoms with E-state index in [1.54, 1.807) is 6.20 Å². The van der Waals surface area contributed by atoms with Crippen LogP contribution in [0, 0.1) is 0 Å². The lowest BCUT2D eigenvalue weighted by atomic mass is 10.2. The number of rotatable bonds is 5. The molecule has 0 bridgehead atoms. The molecule has 1 fully saturated rings. The SMILES string of the molecule is O=C(CN1CCN(Cc2cccnc2)CC1)Nc1ccc2nsnc2c1. The van der Waals surface area contributed by atoms with E-state index in [1.165, 1.54) is 17.3 Å². The van der Waals surface area contributed by atoms with E-state index < -0.39 is 0 Å². The van der Waals surface area contributed by atoms with Crippen molar-refractivity contribution in [2.24, 2.45) is 0 Å². The Morgan fingerprint density at radius 1 is 1.08 bits per heavy atom. The van der Waals surface area contributed by atoms with Crippen LogP contribution in [-0.2, 0) is 11.3 Å². The van der Waals surface area contributed by atoms with Crippen LogP contribution in [-0.4, -0.2) is 62.2 Å². The van der Waals surface area contributed by atoms with Crippen molar-refractivity contribution < 1.29 is 4.79 Å². The predicted octanol–water partition coefficient (Wildman–Crippen LogP) is 1.84. The molecule has 3 aromatic rings. The van der Waals surface area contributed by atoms with Gasteiger partial charge in [-0.3, -0.25) is 19.6 Å². The first-order valence-corrected chi connectivity index (χ1v) is 9.35. The number of fused-ring (bicyclic) bond motifs is 1. The van der Waals surface area contributed by atoms with E-state index in [2.05, 4.69) is 34.9 Å². The van der Waals surface area contributed by atoms with E-state index in [1.807, 2.05) is 30.5 Å². The van der Waals surface area contributed by atoms with Crippen molar-refractivity contribution in [3.63, 3.8) is 0 Å². The molecule has 1 saturated heterocycles. The summed E-state index contributed by atoms with van der Waals surface area (Å²) in [6.07, 6.45) is 3.71. The van der Waals surface area contributed by atoms with Gasteiger partial charge in [-0.2, -0.15) is 8.75 Å². The molecule has 4 rings (SSSR count). The van der Waals surface area contributed by atoms with Crippen LogP contribution >= 0.6 is 11.7 Å². The Labute approximate surface area is 156 Å². The van der Waals surface area contributed by atoms with Crippen molar-refractivity contribution >= 4 is 34.4 Å². The van der Waals surface area contributed by atoms with Gasteiger partial charge in [-0.05, 0) is 29.8 Å². The Kier molecular flexibility index (Phi) is 5.14. The molecule has 0 spiro atoms. The fourth-order valence-electron chi connectivity index (χ4n) is 3.12. The summed E-state index contributed by atoms with van der Waals surface area (Å²) in [5, 5.41) is 2.96. The first-order chi connectivity index (χ1) is 12.8. The molecule has 0 saturated carbocycles. The van der Waals surface area contributed by atoms with Gasteiger partial charge < -0.3 is 5.32 Å². The number of benzene rings is 1. The highest BCUT2D eigenvalue weighted by Gasteiger charge is 2.19. The lowest BCUT2D eigenvalue weighted by Crippen LogP contribution is -2.48. The van der Waals surface area contributed by atoms with Crippen molar-refractivity contribution in [3.05, 3.63) is 48.3 Å². The van der Waals surface area contributed by atoms with E-state index in [9.17, 15) is 4.79 Å². The van der Waals surface area contributed by atoms with Gasteiger partial charge in [0.05, 0.1) is 18.3 Å². The molecule has 1 N–H and O–H groups in total. The van der Waals surface area contributed by atoms with Gasteiger partial charge in [0, 0.05) is 50.8 Å². The van der Waals surface area contributed by atoms with Crippen LogP contribution in [0.5, 0.6) is 0 Å². The molecule has 0 unspecified atom stereocenters. The molecule has 3 heterocycles. The summed E-state index contributed by atoms with van der Waals surface area (Å²) < 4.78 is 8.37. The van der Waals surface area contributed by atoms with Gasteiger partial charge in [-0.1, -0.05) is 6.07 Å². The van der Waals surface area contributed by atoms with Crippen LogP contribution < -0.4 is 5.32 Å². The van der Waals surface area contributed by atoms with Crippen molar-refractivity contribution in [1.82, 2.24) is 23.5 Å². The number of carbonyl (C=O) groups is 1. The molecule has 1 aliphatic rings. The van der Waals surface area contributed by atoms with Gasteiger partial charge in [0.25, 0.3) is 0 Å². The molecule has 1 amide bonds. The van der Waals surface area contributed by atoms with E-state index in [0.29, 0.717) is 6.54 Å². The maximum atomic E-state index is 12.3. The Balaban J connectivity index is 1.25. The minimum Gasteiger partial charge on any atom is -0.325 e. The molecule has 26 heavy (non-hydrogen) atoms. The number of pyridine rings is 1. The van der Waals surface area contributed by atoms with Crippen LogP contribution in [0.25, 0.3) is 11.0 Å². The molecular weight excluding hydrogens is 348 g/mol. The number of aromatic nitrogens is 3. The van der Waals surface area contributed by atoms with Gasteiger partial charge in [-0.25, -0.2) is 0 Å². The van der Waals surface area contributed by atoms with Crippen LogP contribution in [0.15, 0.2) is 42.7 Å². The standard InChI is InChI=1S/C18H20N6OS/c25-18(20-15-3-4-16-17(10-15)22-26-21-16)13-24-8-6-23(7-9-24)12-14-2-1-5-19-11-14/h1-5,10-11H,6-9,12-13H2,(H,20,25). The average Bonchev–Trinajstić information content (AvgIpc) is 3.12. The molecule has 7 nitrogen and oxygen atoms in total. The van der Waals surface area contributed by atoms with E-state index >= 15 is 0 Å². The number of amides is 1. The first-order valence-electron chi connectivity index (χ1n) is 8.62. The number of anilines is 1. The molecule has 134 valence electrons. The van der Waals surface area contributed by atoms with Crippen molar-refractivity contribution in [1.29, 1.82) is 0 Å². The molecule has 8 heteroatoms. The summed E-state index contributed by atoms with van der Waals surface area (Å²) in [7, 11) is 0. The number of piperazine rings is 1. The van der Waals surface area contributed by atoms with Crippen LogP contribution in [0.3, 0.4) is 0 Å². The van der Waals surface area contributed by atoms with Gasteiger partial charge in [0.2, 0.25) is 5.91 Å². The highest BCUT2D eigenvalue weighted by molar-refractivity contribution is 7.00. The fraction of sp³-hybridized carbons (Fsp3) is 0.333. The predicted molar refractivity (Wildman–Crippen MR) is 102 cm³/mol. The van der Waals surface area contributed by atoms with Gasteiger partial charge in [0.1, 0.15) is 11.0 Å². The lowest BCUT2D eigenvalue weighted by molar-refractivity contribution is -0.117. The normalized spacial score (nSPS) is 16.0. The third-order valence-corrected chi connectivity index (χ3v) is 5.06.